The van der Waals surface area contributed by atoms with Gasteiger partial charge < -0.3 is 19.9 Å². The minimum atomic E-state index is -0.828. The van der Waals surface area contributed by atoms with Crippen molar-refractivity contribution in [2.45, 2.75) is 26.2 Å². The lowest BCUT2D eigenvalue weighted by atomic mass is 9.99. The molecule has 1 atom stereocenters. The van der Waals surface area contributed by atoms with Gasteiger partial charge in [-0.05, 0) is 37.0 Å². The number of hydrogen-bond acceptors (Lipinski definition) is 4. The Hall–Kier alpha value is -2.24. The first-order valence-electron chi connectivity index (χ1n) is 7.64. The number of hydrogen-bond donors (Lipinski definition) is 2. The van der Waals surface area contributed by atoms with Crippen LogP contribution in [0, 0.1) is 11.3 Å². The Kier molecular flexibility index (Phi) is 5.13. The quantitative estimate of drug-likeness (QED) is 0.763. The summed E-state index contributed by atoms with van der Waals surface area (Å²) in [7, 11) is 3.14. The zero-order chi connectivity index (χ0) is 17.0. The van der Waals surface area contributed by atoms with E-state index < -0.39 is 11.4 Å². The Bertz CT molecular complexity index is 595. The van der Waals surface area contributed by atoms with Crippen LogP contribution < -0.4 is 14.8 Å². The fraction of sp³-hybridized carbons (Fsp3) is 0.529. The average Bonchev–Trinajstić information content (AvgIpc) is 3.33. The van der Waals surface area contributed by atoms with Crippen LogP contribution in [0.15, 0.2) is 18.2 Å². The highest BCUT2D eigenvalue weighted by Gasteiger charge is 2.50. The summed E-state index contributed by atoms with van der Waals surface area (Å²) >= 11 is 0. The van der Waals surface area contributed by atoms with E-state index in [2.05, 4.69) is 5.32 Å². The molecule has 2 rings (SSSR count). The molecule has 0 saturated heterocycles. The number of nitrogens with one attached hydrogen (secondary N) is 1. The van der Waals surface area contributed by atoms with Gasteiger partial charge in [-0.3, -0.25) is 9.59 Å². The highest BCUT2D eigenvalue weighted by Crippen LogP contribution is 2.45. The van der Waals surface area contributed by atoms with Gasteiger partial charge in [0, 0.05) is 12.5 Å². The number of amides is 1. The number of rotatable bonds is 8. The number of carbonyl (C=O) groups excluding carboxylic acids is 1. The second-order valence-corrected chi connectivity index (χ2v) is 6.10. The van der Waals surface area contributed by atoms with Crippen LogP contribution in [0.4, 0.5) is 0 Å². The van der Waals surface area contributed by atoms with Gasteiger partial charge in [-0.1, -0.05) is 13.0 Å². The van der Waals surface area contributed by atoms with Gasteiger partial charge >= 0.3 is 5.97 Å². The van der Waals surface area contributed by atoms with Gasteiger partial charge in [0.2, 0.25) is 5.91 Å². The van der Waals surface area contributed by atoms with Gasteiger partial charge in [-0.25, -0.2) is 0 Å². The lowest BCUT2D eigenvalue weighted by Crippen LogP contribution is -2.37. The van der Waals surface area contributed by atoms with Gasteiger partial charge in [-0.15, -0.1) is 0 Å². The molecule has 1 aliphatic carbocycles. The maximum Gasteiger partial charge on any atom is 0.311 e. The molecule has 0 bridgehead atoms. The van der Waals surface area contributed by atoms with Crippen LogP contribution in [0.2, 0.25) is 0 Å². The second-order valence-electron chi connectivity index (χ2n) is 6.10. The van der Waals surface area contributed by atoms with E-state index in [1.165, 1.54) is 0 Å². The Morgan fingerprint density at radius 3 is 2.43 bits per heavy atom. The molecule has 126 valence electrons. The highest BCUT2D eigenvalue weighted by molar-refractivity contribution is 5.82. The van der Waals surface area contributed by atoms with Gasteiger partial charge in [-0.2, -0.15) is 0 Å². The predicted octanol–water partition coefficient (Wildman–Crippen LogP) is 1.86. The van der Waals surface area contributed by atoms with Gasteiger partial charge in [0.15, 0.2) is 11.5 Å². The summed E-state index contributed by atoms with van der Waals surface area (Å²) in [6, 6.07) is 5.55. The zero-order valence-corrected chi connectivity index (χ0v) is 13.7. The molecule has 1 aromatic rings. The summed E-state index contributed by atoms with van der Waals surface area (Å²) in [4.78, 5) is 23.3. The first-order chi connectivity index (χ1) is 10.9. The number of methoxy groups -OCH3 is 2. The smallest absolute Gasteiger partial charge is 0.311 e. The van der Waals surface area contributed by atoms with Crippen LogP contribution in [0.1, 0.15) is 25.3 Å². The average molecular weight is 321 g/mol. The summed E-state index contributed by atoms with van der Waals surface area (Å²) in [5.41, 5.74) is 0.225. The van der Waals surface area contributed by atoms with E-state index in [9.17, 15) is 9.59 Å². The van der Waals surface area contributed by atoms with Crippen molar-refractivity contribution < 1.29 is 24.2 Å². The summed E-state index contributed by atoms with van der Waals surface area (Å²) < 4.78 is 10.4. The van der Waals surface area contributed by atoms with Crippen molar-refractivity contribution in [2.75, 3.05) is 20.8 Å². The SMILES string of the molecule is COc1ccc(CC(C)C(=O)NCC2(C(=O)O)CC2)cc1OC. The van der Waals surface area contributed by atoms with Crippen LogP contribution in [-0.2, 0) is 16.0 Å². The third kappa shape index (κ3) is 3.94. The molecule has 0 heterocycles. The third-order valence-corrected chi connectivity index (χ3v) is 4.35. The zero-order valence-electron chi connectivity index (χ0n) is 13.7. The first kappa shape index (κ1) is 17.1. The molecule has 1 saturated carbocycles. The molecule has 1 unspecified atom stereocenters. The summed E-state index contributed by atoms with van der Waals surface area (Å²) in [6.07, 6.45) is 1.81. The van der Waals surface area contributed by atoms with Crippen LogP contribution in [0.3, 0.4) is 0 Å². The van der Waals surface area contributed by atoms with Crippen LogP contribution >= 0.6 is 0 Å². The lowest BCUT2D eigenvalue weighted by Gasteiger charge is -2.16. The summed E-state index contributed by atoms with van der Waals surface area (Å²) in [6.45, 7) is 2.03. The molecule has 6 nitrogen and oxygen atoms in total. The van der Waals surface area contributed by atoms with Crippen LogP contribution in [0.5, 0.6) is 11.5 Å². The number of aliphatic carboxylic acids is 1. The van der Waals surface area contributed by atoms with Gasteiger partial charge in [0.05, 0.1) is 19.6 Å². The number of carboxylic acid groups (broad SMARTS) is 1. The monoisotopic (exact) mass is 321 g/mol. The molecule has 1 aromatic carbocycles. The van der Waals surface area contributed by atoms with Crippen molar-refractivity contribution in [1.29, 1.82) is 0 Å². The minimum absolute atomic E-state index is 0.132. The van der Waals surface area contributed by atoms with Gasteiger partial charge in [0.1, 0.15) is 0 Å². The normalized spacial score (nSPS) is 16.3. The number of benzene rings is 1. The molecule has 0 radical (unpaired) electrons. The van der Waals surface area contributed by atoms with Crippen molar-refractivity contribution in [3.8, 4) is 11.5 Å². The molecule has 6 heteroatoms. The third-order valence-electron chi connectivity index (χ3n) is 4.35. The van der Waals surface area contributed by atoms with E-state index >= 15 is 0 Å². The molecular formula is C17H23NO5. The van der Waals surface area contributed by atoms with Crippen LogP contribution in [0.25, 0.3) is 0 Å². The maximum atomic E-state index is 12.2. The summed E-state index contributed by atoms with van der Waals surface area (Å²) in [5, 5.41) is 11.9. The molecule has 23 heavy (non-hydrogen) atoms. The predicted molar refractivity (Wildman–Crippen MR) is 84.7 cm³/mol. The molecule has 0 spiro atoms. The molecule has 2 N–H and O–H groups in total. The van der Waals surface area contributed by atoms with Crippen LogP contribution in [-0.4, -0.2) is 37.7 Å². The Balaban J connectivity index is 1.92. The number of carboxylic acids is 1. The van der Waals surface area contributed by atoms with Gasteiger partial charge in [0.25, 0.3) is 0 Å². The second kappa shape index (κ2) is 6.89. The molecule has 1 amide bonds. The molecule has 1 fully saturated rings. The Labute approximate surface area is 135 Å². The van der Waals surface area contributed by atoms with Crippen molar-refractivity contribution in [1.82, 2.24) is 5.32 Å². The molecule has 0 aromatic heterocycles. The molecule has 1 aliphatic rings. The number of carbonyl (C=O) groups is 2. The fourth-order valence-corrected chi connectivity index (χ4v) is 2.50. The lowest BCUT2D eigenvalue weighted by molar-refractivity contribution is -0.143. The Morgan fingerprint density at radius 2 is 1.91 bits per heavy atom. The van der Waals surface area contributed by atoms with Crippen molar-refractivity contribution >= 4 is 11.9 Å². The number of ether oxygens (including phenoxy) is 2. The minimum Gasteiger partial charge on any atom is -0.493 e. The topological polar surface area (TPSA) is 84.9 Å². The molecular weight excluding hydrogens is 298 g/mol. The fourth-order valence-electron chi connectivity index (χ4n) is 2.50. The van der Waals surface area contributed by atoms with Crippen molar-refractivity contribution in [2.24, 2.45) is 11.3 Å². The van der Waals surface area contributed by atoms with Crippen molar-refractivity contribution in [3.63, 3.8) is 0 Å². The maximum absolute atomic E-state index is 12.2. The van der Waals surface area contributed by atoms with E-state index in [1.807, 2.05) is 25.1 Å². The van der Waals surface area contributed by atoms with E-state index in [-0.39, 0.29) is 18.4 Å². The van der Waals surface area contributed by atoms with Crippen molar-refractivity contribution in [3.05, 3.63) is 23.8 Å². The molecule has 0 aliphatic heterocycles. The standard InChI is InChI=1S/C17H23NO5/c1-11(15(19)18-10-17(6-7-17)16(20)21)8-12-4-5-13(22-2)14(9-12)23-3/h4-5,9,11H,6-8,10H2,1-3H3,(H,18,19)(H,20,21). The Morgan fingerprint density at radius 1 is 1.26 bits per heavy atom. The van der Waals surface area contributed by atoms with E-state index in [4.69, 9.17) is 14.6 Å². The highest BCUT2D eigenvalue weighted by atomic mass is 16.5. The van der Waals surface area contributed by atoms with E-state index in [0.29, 0.717) is 30.8 Å². The summed E-state index contributed by atoms with van der Waals surface area (Å²) in [5.74, 6) is 0.0567. The largest absolute Gasteiger partial charge is 0.493 e. The van der Waals surface area contributed by atoms with E-state index in [1.54, 1.807) is 14.2 Å². The van der Waals surface area contributed by atoms with E-state index in [0.717, 1.165) is 5.56 Å². The first-order valence-corrected chi connectivity index (χ1v) is 7.64.